The number of hydrogen-bond acceptors (Lipinski definition) is 4. The van der Waals surface area contributed by atoms with Crippen LogP contribution in [-0.4, -0.2) is 34.9 Å². The molecule has 0 heterocycles. The highest BCUT2D eigenvalue weighted by molar-refractivity contribution is 7.80. The van der Waals surface area contributed by atoms with Crippen LogP contribution in [0.5, 0.6) is 0 Å². The molecule has 0 saturated carbocycles. The average Bonchev–Trinajstić information content (AvgIpc) is 2.28. The van der Waals surface area contributed by atoms with Crippen LogP contribution < -0.4 is 11.1 Å². The molecule has 5 N–H and O–H groups in total. The number of rotatable bonds is 5. The summed E-state index contributed by atoms with van der Waals surface area (Å²) in [6.07, 6.45) is -1.88. The molecule has 2 unspecified atom stereocenters. The molecule has 0 aliphatic carbocycles. The van der Waals surface area contributed by atoms with Crippen LogP contribution >= 0.6 is 12.2 Å². The van der Waals surface area contributed by atoms with Gasteiger partial charge in [0.05, 0.1) is 6.10 Å². The Morgan fingerprint density at radius 1 is 1.44 bits per heavy atom. The van der Waals surface area contributed by atoms with E-state index in [0.29, 0.717) is 17.7 Å². The number of hydrogen-bond donors (Lipinski definition) is 4. The van der Waals surface area contributed by atoms with E-state index in [1.54, 1.807) is 31.3 Å². The third-order valence-electron chi connectivity index (χ3n) is 2.32. The lowest BCUT2D eigenvalue weighted by molar-refractivity contribution is 0.0201. The van der Waals surface area contributed by atoms with Crippen LogP contribution in [0.1, 0.15) is 17.2 Å². The van der Waals surface area contributed by atoms with Gasteiger partial charge in [0.15, 0.2) is 0 Å². The predicted octanol–water partition coefficient (Wildman–Crippen LogP) is -0.0655. The second-order valence-corrected chi connectivity index (χ2v) is 3.96. The van der Waals surface area contributed by atoms with E-state index >= 15 is 0 Å². The maximum Gasteiger partial charge on any atom is 0.107 e. The summed E-state index contributed by atoms with van der Waals surface area (Å²) >= 11 is 4.89. The Hall–Kier alpha value is -1.01. The molecule has 2 atom stereocenters. The number of nitrogens with two attached hydrogens (primary N) is 1. The van der Waals surface area contributed by atoms with E-state index < -0.39 is 12.2 Å². The van der Waals surface area contributed by atoms with Crippen molar-refractivity contribution < 1.29 is 10.2 Å². The van der Waals surface area contributed by atoms with E-state index in [-0.39, 0.29) is 4.99 Å². The zero-order valence-electron chi connectivity index (χ0n) is 9.05. The molecule has 5 heteroatoms. The van der Waals surface area contributed by atoms with Gasteiger partial charge >= 0.3 is 0 Å². The van der Waals surface area contributed by atoms with E-state index in [1.165, 1.54) is 0 Å². The number of benzene rings is 1. The van der Waals surface area contributed by atoms with Gasteiger partial charge in [-0.05, 0) is 12.6 Å². The summed E-state index contributed by atoms with van der Waals surface area (Å²) in [5, 5.41) is 22.4. The van der Waals surface area contributed by atoms with Crippen LogP contribution in [0.25, 0.3) is 0 Å². The average molecular weight is 240 g/mol. The third kappa shape index (κ3) is 2.99. The van der Waals surface area contributed by atoms with Gasteiger partial charge in [-0.15, -0.1) is 0 Å². The fraction of sp³-hybridized carbons (Fsp3) is 0.364. The van der Waals surface area contributed by atoms with Gasteiger partial charge in [-0.3, -0.25) is 0 Å². The van der Waals surface area contributed by atoms with Crippen molar-refractivity contribution in [3.05, 3.63) is 35.4 Å². The van der Waals surface area contributed by atoms with Gasteiger partial charge < -0.3 is 21.3 Å². The maximum atomic E-state index is 9.94. The van der Waals surface area contributed by atoms with E-state index in [0.717, 1.165) is 0 Å². The lowest BCUT2D eigenvalue weighted by atomic mass is 9.98. The van der Waals surface area contributed by atoms with Crippen LogP contribution in [0.15, 0.2) is 24.3 Å². The molecule has 0 bridgehead atoms. The summed E-state index contributed by atoms with van der Waals surface area (Å²) in [6.45, 7) is 0.298. The molecule has 0 aromatic heterocycles. The van der Waals surface area contributed by atoms with Gasteiger partial charge in [0, 0.05) is 12.1 Å². The predicted molar refractivity (Wildman–Crippen MR) is 67.2 cm³/mol. The fourth-order valence-electron chi connectivity index (χ4n) is 1.51. The molecular formula is C11H16N2O2S. The van der Waals surface area contributed by atoms with Crippen molar-refractivity contribution in [3.8, 4) is 0 Å². The van der Waals surface area contributed by atoms with Gasteiger partial charge in [0.2, 0.25) is 0 Å². The van der Waals surface area contributed by atoms with Crippen LogP contribution in [0.4, 0.5) is 0 Å². The highest BCUT2D eigenvalue weighted by atomic mass is 32.1. The Morgan fingerprint density at radius 3 is 2.62 bits per heavy atom. The topological polar surface area (TPSA) is 78.5 Å². The van der Waals surface area contributed by atoms with Gasteiger partial charge in [-0.25, -0.2) is 0 Å². The molecule has 1 rings (SSSR count). The summed E-state index contributed by atoms with van der Waals surface area (Å²) in [6, 6.07) is 6.99. The molecule has 0 aliphatic rings. The molecule has 0 fully saturated rings. The van der Waals surface area contributed by atoms with Crippen molar-refractivity contribution >= 4 is 17.2 Å². The molecule has 0 radical (unpaired) electrons. The van der Waals surface area contributed by atoms with Crippen LogP contribution in [0, 0.1) is 0 Å². The Labute approximate surface area is 100 Å². The summed E-state index contributed by atoms with van der Waals surface area (Å²) in [5.41, 5.74) is 6.70. The second-order valence-electron chi connectivity index (χ2n) is 3.52. The van der Waals surface area contributed by atoms with Crippen molar-refractivity contribution in [2.75, 3.05) is 13.6 Å². The second kappa shape index (κ2) is 5.91. The van der Waals surface area contributed by atoms with Crippen molar-refractivity contribution in [2.24, 2.45) is 5.73 Å². The molecule has 0 amide bonds. The minimum atomic E-state index is -0.995. The highest BCUT2D eigenvalue weighted by Gasteiger charge is 2.20. The first-order valence-corrected chi connectivity index (χ1v) is 5.38. The highest BCUT2D eigenvalue weighted by Crippen LogP contribution is 2.20. The molecule has 88 valence electrons. The van der Waals surface area contributed by atoms with E-state index in [2.05, 4.69) is 5.32 Å². The molecule has 4 nitrogen and oxygen atoms in total. The fourth-order valence-corrected chi connectivity index (χ4v) is 1.69. The summed E-state index contributed by atoms with van der Waals surface area (Å²) in [5.74, 6) is 0. The largest absolute Gasteiger partial charge is 0.389 e. The van der Waals surface area contributed by atoms with Gasteiger partial charge in [-0.2, -0.15) is 0 Å². The summed E-state index contributed by atoms with van der Waals surface area (Å²) in [4.78, 5) is 0.214. The van der Waals surface area contributed by atoms with E-state index in [9.17, 15) is 10.2 Å². The van der Waals surface area contributed by atoms with Gasteiger partial charge in [-0.1, -0.05) is 36.5 Å². The molecule has 1 aromatic rings. The molecule has 0 aliphatic heterocycles. The third-order valence-corrected chi connectivity index (χ3v) is 2.54. The SMILES string of the molecule is CNCC(O)C(O)c1ccccc1C(N)=S. The van der Waals surface area contributed by atoms with Crippen molar-refractivity contribution in [1.82, 2.24) is 5.32 Å². The molecule has 16 heavy (non-hydrogen) atoms. The Bertz CT molecular complexity index is 371. The first-order chi connectivity index (χ1) is 7.57. The summed E-state index contributed by atoms with van der Waals surface area (Å²) in [7, 11) is 1.70. The smallest absolute Gasteiger partial charge is 0.107 e. The van der Waals surface area contributed by atoms with E-state index in [1.807, 2.05) is 0 Å². The van der Waals surface area contributed by atoms with Crippen molar-refractivity contribution in [3.63, 3.8) is 0 Å². The standard InChI is InChI=1S/C11H16N2O2S/c1-13-6-9(14)10(15)7-4-2-3-5-8(7)11(12)16/h2-5,9-10,13-15H,6H2,1H3,(H2,12,16). The Balaban J connectivity index is 2.98. The number of aliphatic hydroxyl groups excluding tert-OH is 2. The summed E-state index contributed by atoms with van der Waals surface area (Å²) < 4.78 is 0. The quantitative estimate of drug-likeness (QED) is 0.542. The molecular weight excluding hydrogens is 224 g/mol. The first kappa shape index (κ1) is 13.1. The zero-order valence-corrected chi connectivity index (χ0v) is 9.87. The van der Waals surface area contributed by atoms with Gasteiger partial charge in [0.1, 0.15) is 11.1 Å². The zero-order chi connectivity index (χ0) is 12.1. The normalized spacial score (nSPS) is 14.4. The first-order valence-electron chi connectivity index (χ1n) is 4.97. The monoisotopic (exact) mass is 240 g/mol. The maximum absolute atomic E-state index is 9.94. The van der Waals surface area contributed by atoms with Gasteiger partial charge in [0.25, 0.3) is 0 Å². The van der Waals surface area contributed by atoms with Crippen LogP contribution in [-0.2, 0) is 0 Å². The lowest BCUT2D eigenvalue weighted by Gasteiger charge is -2.20. The van der Waals surface area contributed by atoms with E-state index in [4.69, 9.17) is 18.0 Å². The lowest BCUT2D eigenvalue weighted by Crippen LogP contribution is -2.30. The van der Waals surface area contributed by atoms with Crippen LogP contribution in [0.2, 0.25) is 0 Å². The minimum absolute atomic E-state index is 0.214. The molecule has 0 spiro atoms. The Kier molecular flexibility index (Phi) is 4.82. The van der Waals surface area contributed by atoms with Crippen molar-refractivity contribution in [2.45, 2.75) is 12.2 Å². The number of thiocarbonyl (C=S) groups is 1. The number of nitrogens with one attached hydrogen (secondary N) is 1. The number of aliphatic hydroxyl groups is 2. The Morgan fingerprint density at radius 2 is 2.06 bits per heavy atom. The number of likely N-dealkylation sites (N-methyl/N-ethyl adjacent to an activating group) is 1. The molecule has 0 saturated heterocycles. The minimum Gasteiger partial charge on any atom is -0.389 e. The van der Waals surface area contributed by atoms with Crippen molar-refractivity contribution in [1.29, 1.82) is 0 Å². The molecule has 1 aromatic carbocycles. The van der Waals surface area contributed by atoms with Crippen LogP contribution in [0.3, 0.4) is 0 Å².